The van der Waals surface area contributed by atoms with Crippen molar-refractivity contribution in [3.63, 3.8) is 0 Å². The molecule has 0 saturated carbocycles. The third-order valence-electron chi connectivity index (χ3n) is 2.13. The Labute approximate surface area is 99.8 Å². The number of benzene rings is 1. The van der Waals surface area contributed by atoms with E-state index in [0.717, 1.165) is 0 Å². The van der Waals surface area contributed by atoms with Crippen LogP contribution in [-0.4, -0.2) is 24.0 Å². The summed E-state index contributed by atoms with van der Waals surface area (Å²) in [4.78, 5) is 12.1. The van der Waals surface area contributed by atoms with Gasteiger partial charge in [-0.25, -0.2) is 0 Å². The van der Waals surface area contributed by atoms with Crippen LogP contribution in [0.1, 0.15) is 17.3 Å². The molecule has 1 rings (SSSR count). The van der Waals surface area contributed by atoms with Crippen molar-refractivity contribution < 1.29 is 9.53 Å². The Morgan fingerprint density at radius 3 is 2.69 bits per heavy atom. The molecule has 0 fully saturated rings. The minimum atomic E-state index is -0.340. The third kappa shape index (κ3) is 2.93. The number of carbonyl (C=O) groups is 1. The maximum Gasteiger partial charge on any atom is 0.255 e. The van der Waals surface area contributed by atoms with Crippen molar-refractivity contribution in [3.05, 3.63) is 29.8 Å². The molecule has 16 heavy (non-hydrogen) atoms. The maximum atomic E-state index is 11.8. The van der Waals surface area contributed by atoms with Crippen LogP contribution < -0.4 is 15.8 Å². The van der Waals surface area contributed by atoms with E-state index in [4.69, 9.17) is 22.7 Å². The van der Waals surface area contributed by atoms with Crippen LogP contribution in [-0.2, 0) is 0 Å². The molecule has 0 aliphatic heterocycles. The summed E-state index contributed by atoms with van der Waals surface area (Å²) in [6.07, 6.45) is 0. The van der Waals surface area contributed by atoms with Crippen LogP contribution in [0, 0.1) is 0 Å². The molecule has 4 nitrogen and oxygen atoms in total. The lowest BCUT2D eigenvalue weighted by Crippen LogP contribution is -2.41. The van der Waals surface area contributed by atoms with Crippen molar-refractivity contribution in [1.82, 2.24) is 5.32 Å². The van der Waals surface area contributed by atoms with Gasteiger partial charge in [0.25, 0.3) is 5.91 Å². The Hall–Kier alpha value is -1.62. The van der Waals surface area contributed by atoms with Gasteiger partial charge >= 0.3 is 0 Å². The molecule has 0 aromatic heterocycles. The Morgan fingerprint density at radius 2 is 2.12 bits per heavy atom. The summed E-state index contributed by atoms with van der Waals surface area (Å²) >= 11 is 4.78. The van der Waals surface area contributed by atoms with Crippen LogP contribution in [0.4, 0.5) is 0 Å². The smallest absolute Gasteiger partial charge is 0.255 e. The maximum absolute atomic E-state index is 11.8. The first-order chi connectivity index (χ1) is 7.56. The normalized spacial score (nSPS) is 11.6. The zero-order valence-corrected chi connectivity index (χ0v) is 10.0. The monoisotopic (exact) mass is 238 g/mol. The lowest BCUT2D eigenvalue weighted by molar-refractivity contribution is 0.0946. The Morgan fingerprint density at radius 1 is 1.50 bits per heavy atom. The van der Waals surface area contributed by atoms with E-state index in [1.54, 1.807) is 31.2 Å². The molecular formula is C11H14N2O2S. The summed E-state index contributed by atoms with van der Waals surface area (Å²) in [5, 5.41) is 2.69. The van der Waals surface area contributed by atoms with Gasteiger partial charge in [-0.2, -0.15) is 0 Å². The van der Waals surface area contributed by atoms with Gasteiger partial charge in [0.1, 0.15) is 5.75 Å². The van der Waals surface area contributed by atoms with Gasteiger partial charge in [0, 0.05) is 0 Å². The number of thiocarbonyl (C=S) groups is 1. The molecule has 1 aromatic rings. The van der Waals surface area contributed by atoms with Gasteiger partial charge in [-0.3, -0.25) is 4.79 Å². The van der Waals surface area contributed by atoms with E-state index < -0.39 is 0 Å². The number of amides is 1. The minimum absolute atomic E-state index is 0.252. The molecule has 0 saturated heterocycles. The van der Waals surface area contributed by atoms with Crippen LogP contribution in [0.15, 0.2) is 24.3 Å². The summed E-state index contributed by atoms with van der Waals surface area (Å²) in [6.45, 7) is 1.73. The van der Waals surface area contributed by atoms with E-state index in [-0.39, 0.29) is 16.9 Å². The molecule has 1 aromatic carbocycles. The van der Waals surface area contributed by atoms with E-state index in [1.807, 2.05) is 0 Å². The number of ether oxygens (including phenoxy) is 1. The number of nitrogens with one attached hydrogen (secondary N) is 1. The molecule has 3 N–H and O–H groups in total. The molecular weight excluding hydrogens is 224 g/mol. The van der Waals surface area contributed by atoms with Crippen molar-refractivity contribution in [2.75, 3.05) is 7.11 Å². The number of hydrogen-bond donors (Lipinski definition) is 2. The van der Waals surface area contributed by atoms with Crippen molar-refractivity contribution in [3.8, 4) is 5.75 Å². The number of carbonyl (C=O) groups excluding carboxylic acids is 1. The lowest BCUT2D eigenvalue weighted by Gasteiger charge is -2.13. The molecule has 86 valence electrons. The highest BCUT2D eigenvalue weighted by atomic mass is 32.1. The van der Waals surface area contributed by atoms with Crippen LogP contribution >= 0.6 is 12.2 Å². The van der Waals surface area contributed by atoms with E-state index in [1.165, 1.54) is 7.11 Å². The largest absolute Gasteiger partial charge is 0.496 e. The summed E-state index contributed by atoms with van der Waals surface area (Å²) in [7, 11) is 1.52. The molecule has 0 aliphatic rings. The van der Waals surface area contributed by atoms with Gasteiger partial charge in [-0.15, -0.1) is 0 Å². The Balaban J connectivity index is 2.84. The molecule has 0 spiro atoms. The van der Waals surface area contributed by atoms with Crippen molar-refractivity contribution in [1.29, 1.82) is 0 Å². The van der Waals surface area contributed by atoms with Gasteiger partial charge in [0.2, 0.25) is 0 Å². The molecule has 1 unspecified atom stereocenters. The number of hydrogen-bond acceptors (Lipinski definition) is 3. The summed E-state index contributed by atoms with van der Waals surface area (Å²) in [5.74, 6) is 0.271. The topological polar surface area (TPSA) is 64.3 Å². The summed E-state index contributed by atoms with van der Waals surface area (Å²) in [5.41, 5.74) is 5.88. The first-order valence-electron chi connectivity index (χ1n) is 4.79. The zero-order valence-electron chi connectivity index (χ0n) is 9.19. The van der Waals surface area contributed by atoms with Crippen LogP contribution in [0.3, 0.4) is 0 Å². The second kappa shape index (κ2) is 5.46. The lowest BCUT2D eigenvalue weighted by atomic mass is 10.1. The second-order valence-corrected chi connectivity index (χ2v) is 3.77. The average Bonchev–Trinajstić information content (AvgIpc) is 2.28. The minimum Gasteiger partial charge on any atom is -0.496 e. The number of para-hydroxylation sites is 1. The highest BCUT2D eigenvalue weighted by Crippen LogP contribution is 2.16. The molecule has 1 atom stereocenters. The Kier molecular flexibility index (Phi) is 4.25. The zero-order chi connectivity index (χ0) is 12.1. The van der Waals surface area contributed by atoms with Gasteiger partial charge in [0.15, 0.2) is 0 Å². The highest BCUT2D eigenvalue weighted by molar-refractivity contribution is 7.80. The summed E-state index contributed by atoms with van der Waals surface area (Å²) < 4.78 is 5.08. The van der Waals surface area contributed by atoms with Crippen molar-refractivity contribution in [2.45, 2.75) is 13.0 Å². The third-order valence-corrected chi connectivity index (χ3v) is 2.48. The number of nitrogens with two attached hydrogens (primary N) is 1. The fourth-order valence-corrected chi connectivity index (χ4v) is 1.24. The average molecular weight is 238 g/mol. The Bertz CT molecular complexity index is 407. The van der Waals surface area contributed by atoms with Crippen molar-refractivity contribution >= 4 is 23.1 Å². The van der Waals surface area contributed by atoms with Crippen LogP contribution in [0.25, 0.3) is 0 Å². The standard InChI is InChI=1S/C11H14N2O2S/c1-7(10(12)16)13-11(14)8-5-3-4-6-9(8)15-2/h3-7H,1-2H3,(H2,12,16)(H,13,14). The van der Waals surface area contributed by atoms with E-state index >= 15 is 0 Å². The van der Waals surface area contributed by atoms with Crippen molar-refractivity contribution in [2.24, 2.45) is 5.73 Å². The van der Waals surface area contributed by atoms with Crippen LogP contribution in [0.5, 0.6) is 5.75 Å². The van der Waals surface area contributed by atoms with E-state index in [0.29, 0.717) is 11.3 Å². The SMILES string of the molecule is COc1ccccc1C(=O)NC(C)C(N)=S. The predicted molar refractivity (Wildman–Crippen MR) is 66.7 cm³/mol. The molecule has 0 heterocycles. The fraction of sp³-hybridized carbons (Fsp3) is 0.273. The van der Waals surface area contributed by atoms with Gasteiger partial charge < -0.3 is 15.8 Å². The molecule has 0 bridgehead atoms. The molecule has 0 radical (unpaired) electrons. The van der Waals surface area contributed by atoms with Gasteiger partial charge in [-0.05, 0) is 19.1 Å². The first-order valence-corrected chi connectivity index (χ1v) is 5.20. The predicted octanol–water partition coefficient (Wildman–Crippen LogP) is 1.10. The molecule has 1 amide bonds. The highest BCUT2D eigenvalue weighted by Gasteiger charge is 2.14. The fourth-order valence-electron chi connectivity index (χ4n) is 1.18. The summed E-state index contributed by atoms with van der Waals surface area (Å²) in [6, 6.07) is 6.63. The van der Waals surface area contributed by atoms with Crippen LogP contribution in [0.2, 0.25) is 0 Å². The van der Waals surface area contributed by atoms with Gasteiger partial charge in [0.05, 0.1) is 23.7 Å². The second-order valence-electron chi connectivity index (χ2n) is 3.30. The van der Waals surface area contributed by atoms with E-state index in [2.05, 4.69) is 5.32 Å². The van der Waals surface area contributed by atoms with Gasteiger partial charge in [-0.1, -0.05) is 24.4 Å². The first kappa shape index (κ1) is 12.4. The quantitative estimate of drug-likeness (QED) is 0.771. The number of methoxy groups -OCH3 is 1. The molecule has 5 heteroatoms. The number of rotatable bonds is 4. The molecule has 0 aliphatic carbocycles. The van der Waals surface area contributed by atoms with E-state index in [9.17, 15) is 4.79 Å².